The molecule has 2 amide bonds. The number of hydrogen-bond acceptors (Lipinski definition) is 2. The van der Waals surface area contributed by atoms with Crippen LogP contribution in [-0.4, -0.2) is 11.8 Å². The lowest BCUT2D eigenvalue weighted by Gasteiger charge is -2.20. The average molecular weight is 344 g/mol. The first kappa shape index (κ1) is 17.4. The van der Waals surface area contributed by atoms with Crippen LogP contribution in [0, 0.1) is 0 Å². The zero-order valence-corrected chi connectivity index (χ0v) is 14.5. The van der Waals surface area contributed by atoms with Gasteiger partial charge in [0.15, 0.2) is 5.78 Å². The second kappa shape index (κ2) is 8.12. The van der Waals surface area contributed by atoms with Crippen LogP contribution in [0.15, 0.2) is 84.9 Å². The van der Waals surface area contributed by atoms with Crippen LogP contribution in [0.25, 0.3) is 0 Å². The van der Waals surface area contributed by atoms with Crippen LogP contribution in [0.4, 0.5) is 10.5 Å². The van der Waals surface area contributed by atoms with Gasteiger partial charge in [-0.1, -0.05) is 60.7 Å². The smallest absolute Gasteiger partial charge is 0.319 e. The van der Waals surface area contributed by atoms with Crippen molar-refractivity contribution in [1.29, 1.82) is 0 Å². The highest BCUT2D eigenvalue weighted by Crippen LogP contribution is 2.22. The van der Waals surface area contributed by atoms with E-state index in [1.54, 1.807) is 24.3 Å². The normalized spacial score (nSPS) is 10.4. The van der Waals surface area contributed by atoms with Crippen molar-refractivity contribution in [3.63, 3.8) is 0 Å². The molecule has 0 bridgehead atoms. The van der Waals surface area contributed by atoms with Crippen molar-refractivity contribution < 1.29 is 9.59 Å². The highest BCUT2D eigenvalue weighted by Gasteiger charge is 2.16. The lowest BCUT2D eigenvalue weighted by atomic mass is 9.99. The number of anilines is 1. The molecule has 3 aromatic rings. The maximum Gasteiger partial charge on any atom is 0.319 e. The summed E-state index contributed by atoms with van der Waals surface area (Å²) < 4.78 is 0. The number of rotatable bonds is 5. The molecule has 0 atom stereocenters. The van der Waals surface area contributed by atoms with Crippen LogP contribution < -0.4 is 10.6 Å². The van der Waals surface area contributed by atoms with Crippen molar-refractivity contribution in [2.75, 3.05) is 5.32 Å². The first-order chi connectivity index (χ1) is 12.6. The first-order valence-corrected chi connectivity index (χ1v) is 8.42. The number of ketones is 1. The maximum atomic E-state index is 12.5. The van der Waals surface area contributed by atoms with Crippen molar-refractivity contribution in [2.45, 2.75) is 13.0 Å². The summed E-state index contributed by atoms with van der Waals surface area (Å²) in [6.07, 6.45) is 0. The minimum Gasteiger partial charge on any atom is -0.327 e. The molecule has 0 saturated heterocycles. The molecule has 3 rings (SSSR count). The average Bonchev–Trinajstić information content (AvgIpc) is 2.68. The number of Topliss-reactive ketones (excluding diaryl/α,β-unsaturated/α-hetero) is 1. The minimum atomic E-state index is -0.307. The third kappa shape index (κ3) is 4.36. The zero-order chi connectivity index (χ0) is 18.4. The van der Waals surface area contributed by atoms with Gasteiger partial charge < -0.3 is 10.6 Å². The van der Waals surface area contributed by atoms with Gasteiger partial charge >= 0.3 is 6.03 Å². The Morgan fingerprint density at radius 2 is 1.23 bits per heavy atom. The van der Waals surface area contributed by atoms with Crippen molar-refractivity contribution in [3.05, 3.63) is 102 Å². The first-order valence-electron chi connectivity index (χ1n) is 8.42. The van der Waals surface area contributed by atoms with E-state index in [1.807, 2.05) is 60.7 Å². The fraction of sp³-hybridized carbons (Fsp3) is 0.0909. The van der Waals surface area contributed by atoms with Crippen molar-refractivity contribution >= 4 is 17.5 Å². The van der Waals surface area contributed by atoms with E-state index in [9.17, 15) is 9.59 Å². The zero-order valence-electron chi connectivity index (χ0n) is 14.5. The molecule has 0 aliphatic carbocycles. The predicted octanol–water partition coefficient (Wildman–Crippen LogP) is 4.80. The molecule has 0 aliphatic heterocycles. The molecule has 0 radical (unpaired) electrons. The largest absolute Gasteiger partial charge is 0.327 e. The van der Waals surface area contributed by atoms with Crippen LogP contribution in [0.3, 0.4) is 0 Å². The van der Waals surface area contributed by atoms with Gasteiger partial charge in [0.05, 0.1) is 6.04 Å². The molecule has 4 heteroatoms. The Bertz CT molecular complexity index is 836. The molecule has 2 N–H and O–H groups in total. The number of nitrogens with one attached hydrogen (secondary N) is 2. The van der Waals surface area contributed by atoms with E-state index in [0.29, 0.717) is 11.3 Å². The minimum absolute atomic E-state index is 0.00535. The van der Waals surface area contributed by atoms with Gasteiger partial charge in [-0.05, 0) is 42.3 Å². The second-order valence-electron chi connectivity index (χ2n) is 5.99. The van der Waals surface area contributed by atoms with Crippen molar-refractivity contribution in [1.82, 2.24) is 5.32 Å². The van der Waals surface area contributed by atoms with E-state index in [-0.39, 0.29) is 17.9 Å². The fourth-order valence-corrected chi connectivity index (χ4v) is 2.74. The van der Waals surface area contributed by atoms with Crippen molar-refractivity contribution in [3.8, 4) is 0 Å². The lowest BCUT2D eigenvalue weighted by Crippen LogP contribution is -2.33. The van der Waals surface area contributed by atoms with Gasteiger partial charge in [-0.2, -0.15) is 0 Å². The molecular formula is C22H20N2O2. The molecule has 0 fully saturated rings. The van der Waals surface area contributed by atoms with Gasteiger partial charge in [0.1, 0.15) is 0 Å². The van der Waals surface area contributed by atoms with Crippen molar-refractivity contribution in [2.24, 2.45) is 0 Å². The van der Waals surface area contributed by atoms with Gasteiger partial charge in [-0.25, -0.2) is 4.79 Å². The third-order valence-electron chi connectivity index (χ3n) is 4.09. The molecule has 4 nitrogen and oxygen atoms in total. The number of carbonyl (C=O) groups is 2. The number of carbonyl (C=O) groups excluding carboxylic acids is 2. The molecule has 26 heavy (non-hydrogen) atoms. The molecule has 0 aliphatic rings. The Kier molecular flexibility index (Phi) is 5.44. The van der Waals surface area contributed by atoms with Gasteiger partial charge in [0.25, 0.3) is 0 Å². The Morgan fingerprint density at radius 3 is 1.69 bits per heavy atom. The summed E-state index contributed by atoms with van der Waals surface area (Å²) >= 11 is 0. The van der Waals surface area contributed by atoms with Crippen LogP contribution in [0.2, 0.25) is 0 Å². The maximum absolute atomic E-state index is 12.5. The summed E-state index contributed by atoms with van der Waals surface area (Å²) in [4.78, 5) is 23.8. The van der Waals surface area contributed by atoms with Crippen LogP contribution >= 0.6 is 0 Å². The van der Waals surface area contributed by atoms with Gasteiger partial charge in [0.2, 0.25) is 0 Å². The fourth-order valence-electron chi connectivity index (χ4n) is 2.74. The molecule has 0 heterocycles. The number of urea groups is 1. The highest BCUT2D eigenvalue weighted by molar-refractivity contribution is 5.95. The molecule has 0 unspecified atom stereocenters. The molecule has 130 valence electrons. The quantitative estimate of drug-likeness (QED) is 0.653. The van der Waals surface area contributed by atoms with E-state index in [0.717, 1.165) is 11.1 Å². The third-order valence-corrected chi connectivity index (χ3v) is 4.09. The topological polar surface area (TPSA) is 58.2 Å². The van der Waals surface area contributed by atoms with Crippen LogP contribution in [0.5, 0.6) is 0 Å². The summed E-state index contributed by atoms with van der Waals surface area (Å²) in [6, 6.07) is 25.9. The molecule has 0 saturated carbocycles. The molecular weight excluding hydrogens is 324 g/mol. The molecule has 0 spiro atoms. The number of benzene rings is 3. The predicted molar refractivity (Wildman–Crippen MR) is 103 cm³/mol. The second-order valence-corrected chi connectivity index (χ2v) is 5.99. The van der Waals surface area contributed by atoms with E-state index >= 15 is 0 Å². The monoisotopic (exact) mass is 344 g/mol. The summed E-state index contributed by atoms with van der Waals surface area (Å²) in [6.45, 7) is 1.51. The Balaban J connectivity index is 1.76. The summed E-state index contributed by atoms with van der Waals surface area (Å²) in [5.74, 6) is -0.00535. The Labute approximate surface area is 152 Å². The van der Waals surface area contributed by atoms with E-state index < -0.39 is 0 Å². The van der Waals surface area contributed by atoms with E-state index in [1.165, 1.54) is 6.92 Å². The van der Waals surface area contributed by atoms with Crippen LogP contribution in [0.1, 0.15) is 34.5 Å². The highest BCUT2D eigenvalue weighted by atomic mass is 16.2. The number of amides is 2. The summed E-state index contributed by atoms with van der Waals surface area (Å²) in [5, 5.41) is 5.84. The number of hydrogen-bond donors (Lipinski definition) is 2. The van der Waals surface area contributed by atoms with Gasteiger partial charge in [-0.15, -0.1) is 0 Å². The standard InChI is InChI=1S/C22H20N2O2/c1-16(25)17-12-14-20(15-13-17)23-22(26)24-21(18-8-4-2-5-9-18)19-10-6-3-7-11-19/h2-15,21H,1H3,(H2,23,24,26). The molecule has 0 aromatic heterocycles. The van der Waals surface area contributed by atoms with E-state index in [4.69, 9.17) is 0 Å². The van der Waals surface area contributed by atoms with E-state index in [2.05, 4.69) is 10.6 Å². The van der Waals surface area contributed by atoms with Crippen LogP contribution in [-0.2, 0) is 0 Å². The van der Waals surface area contributed by atoms with Gasteiger partial charge in [-0.3, -0.25) is 4.79 Å². The van der Waals surface area contributed by atoms with Gasteiger partial charge in [0, 0.05) is 11.3 Å². The summed E-state index contributed by atoms with van der Waals surface area (Å²) in [7, 11) is 0. The molecule has 3 aromatic carbocycles. The summed E-state index contributed by atoms with van der Waals surface area (Å²) in [5.41, 5.74) is 3.25. The lowest BCUT2D eigenvalue weighted by molar-refractivity contribution is 0.101. The Hall–Kier alpha value is -3.40. The SMILES string of the molecule is CC(=O)c1ccc(NC(=O)NC(c2ccccc2)c2ccccc2)cc1. The Morgan fingerprint density at radius 1 is 0.731 bits per heavy atom.